The van der Waals surface area contributed by atoms with Gasteiger partial charge in [0.25, 0.3) is 0 Å². The molecule has 0 aliphatic rings. The number of nitrogens with zero attached hydrogens (tertiary/aromatic N) is 3. The van der Waals surface area contributed by atoms with Gasteiger partial charge in [-0.05, 0) is 73.4 Å². The average Bonchev–Trinajstić information content (AvgIpc) is 2.78. The minimum absolute atomic E-state index is 0.0600. The Morgan fingerprint density at radius 2 is 1.52 bits per heavy atom. The molecule has 0 saturated carbocycles. The van der Waals surface area contributed by atoms with Gasteiger partial charge in [-0.2, -0.15) is 4.98 Å². The Balaban J connectivity index is 1.50. The molecule has 4 rings (SSSR count). The van der Waals surface area contributed by atoms with Gasteiger partial charge in [-0.1, -0.05) is 18.2 Å². The number of hydrogen-bond acceptors (Lipinski definition) is 7. The van der Waals surface area contributed by atoms with Crippen molar-refractivity contribution in [1.29, 1.82) is 0 Å². The third-order valence-electron chi connectivity index (χ3n) is 5.10. The highest BCUT2D eigenvalue weighted by atomic mass is 32.2. The van der Waals surface area contributed by atoms with E-state index in [2.05, 4.69) is 37.7 Å². The van der Waals surface area contributed by atoms with Crippen LogP contribution in [0.3, 0.4) is 0 Å². The van der Waals surface area contributed by atoms with Gasteiger partial charge < -0.3 is 10.6 Å². The van der Waals surface area contributed by atoms with Gasteiger partial charge in [-0.3, -0.25) is 4.98 Å². The number of rotatable bonds is 7. The molecule has 9 heteroatoms. The predicted octanol–water partition coefficient (Wildman–Crippen LogP) is 4.21. The van der Waals surface area contributed by atoms with Crippen molar-refractivity contribution in [2.45, 2.75) is 25.2 Å². The summed E-state index contributed by atoms with van der Waals surface area (Å²) in [6.45, 7) is 3.60. The highest BCUT2D eigenvalue weighted by Crippen LogP contribution is 2.24. The van der Waals surface area contributed by atoms with Crippen LogP contribution in [0, 0.1) is 13.8 Å². The molecule has 2 aromatic heterocycles. The first-order chi connectivity index (χ1) is 15.8. The quantitative estimate of drug-likeness (QED) is 0.377. The Morgan fingerprint density at radius 3 is 2.21 bits per heavy atom. The van der Waals surface area contributed by atoms with Gasteiger partial charge in [0.15, 0.2) is 0 Å². The summed E-state index contributed by atoms with van der Waals surface area (Å²) in [5.41, 5.74) is 5.26. The molecule has 2 heterocycles. The van der Waals surface area contributed by atoms with Gasteiger partial charge in [0, 0.05) is 35.5 Å². The number of benzene rings is 2. The van der Waals surface area contributed by atoms with E-state index in [1.807, 2.05) is 31.2 Å². The summed E-state index contributed by atoms with van der Waals surface area (Å²) in [6.07, 6.45) is 6.12. The summed E-state index contributed by atoms with van der Waals surface area (Å²) < 4.78 is 23.6. The van der Waals surface area contributed by atoms with Gasteiger partial charge in [-0.25, -0.2) is 18.5 Å². The Hall–Kier alpha value is -3.82. The van der Waals surface area contributed by atoms with Crippen molar-refractivity contribution < 1.29 is 8.42 Å². The summed E-state index contributed by atoms with van der Waals surface area (Å²) in [5, 5.41) is 11.7. The Morgan fingerprint density at radius 1 is 0.848 bits per heavy atom. The summed E-state index contributed by atoms with van der Waals surface area (Å²) in [7, 11) is -3.82. The molecule has 33 heavy (non-hydrogen) atoms. The third-order valence-corrected chi connectivity index (χ3v) is 6.15. The highest BCUT2D eigenvalue weighted by molar-refractivity contribution is 7.89. The summed E-state index contributed by atoms with van der Waals surface area (Å²) in [4.78, 5) is 13.0. The van der Waals surface area contributed by atoms with Crippen LogP contribution in [0.5, 0.6) is 0 Å². The Bertz CT molecular complexity index is 1370. The van der Waals surface area contributed by atoms with Crippen LogP contribution in [-0.2, 0) is 16.4 Å². The SMILES string of the molecule is Cc1ccc(Nc2ncc(C)c(Nc3ccc(Cc4ccncc4)cc3)n2)cc1S(N)(=O)=O. The lowest BCUT2D eigenvalue weighted by atomic mass is 10.1. The molecule has 2 aromatic carbocycles. The lowest BCUT2D eigenvalue weighted by Gasteiger charge is -2.12. The lowest BCUT2D eigenvalue weighted by molar-refractivity contribution is 0.597. The van der Waals surface area contributed by atoms with Crippen molar-refractivity contribution in [3.63, 3.8) is 0 Å². The van der Waals surface area contributed by atoms with Crippen molar-refractivity contribution >= 4 is 33.2 Å². The topological polar surface area (TPSA) is 123 Å². The van der Waals surface area contributed by atoms with Crippen LogP contribution in [0.2, 0.25) is 0 Å². The molecule has 4 N–H and O–H groups in total. The monoisotopic (exact) mass is 460 g/mol. The molecule has 0 spiro atoms. The summed E-state index contributed by atoms with van der Waals surface area (Å²) in [5.74, 6) is 0.981. The molecule has 168 valence electrons. The first-order valence-corrected chi connectivity index (χ1v) is 11.8. The molecule has 0 fully saturated rings. The number of anilines is 4. The first-order valence-electron chi connectivity index (χ1n) is 10.3. The van der Waals surface area contributed by atoms with Crippen molar-refractivity contribution in [2.75, 3.05) is 10.6 Å². The minimum Gasteiger partial charge on any atom is -0.340 e. The number of pyridine rings is 1. The number of nitrogens with one attached hydrogen (secondary N) is 2. The van der Waals surface area contributed by atoms with E-state index in [1.165, 1.54) is 17.2 Å². The lowest BCUT2D eigenvalue weighted by Crippen LogP contribution is -2.14. The van der Waals surface area contributed by atoms with Crippen molar-refractivity contribution in [1.82, 2.24) is 15.0 Å². The third kappa shape index (κ3) is 5.71. The van der Waals surface area contributed by atoms with Crippen molar-refractivity contribution in [3.8, 4) is 0 Å². The fourth-order valence-corrected chi connectivity index (χ4v) is 4.13. The van der Waals surface area contributed by atoms with Crippen LogP contribution >= 0.6 is 0 Å². The van der Waals surface area contributed by atoms with Crippen LogP contribution in [0.15, 0.2) is 78.1 Å². The molecule has 0 bridgehead atoms. The molecule has 8 nitrogen and oxygen atoms in total. The van der Waals surface area contributed by atoms with E-state index in [0.717, 1.165) is 17.7 Å². The minimum atomic E-state index is -3.82. The predicted molar refractivity (Wildman–Crippen MR) is 129 cm³/mol. The van der Waals surface area contributed by atoms with Gasteiger partial charge >= 0.3 is 0 Å². The fourth-order valence-electron chi connectivity index (χ4n) is 3.32. The maximum atomic E-state index is 11.8. The number of sulfonamides is 1. The zero-order chi connectivity index (χ0) is 23.4. The van der Waals surface area contributed by atoms with Crippen LogP contribution < -0.4 is 15.8 Å². The van der Waals surface area contributed by atoms with Crippen molar-refractivity contribution in [3.05, 3.63) is 95.4 Å². The zero-order valence-electron chi connectivity index (χ0n) is 18.3. The van der Waals surface area contributed by atoms with Crippen molar-refractivity contribution in [2.24, 2.45) is 5.14 Å². The Kier molecular flexibility index (Phi) is 6.34. The molecule has 0 saturated heterocycles. The molecular weight excluding hydrogens is 436 g/mol. The number of aryl methyl sites for hydroxylation is 2. The second-order valence-corrected chi connectivity index (χ2v) is 9.26. The van der Waals surface area contributed by atoms with E-state index in [-0.39, 0.29) is 4.90 Å². The van der Waals surface area contributed by atoms with E-state index in [0.29, 0.717) is 23.0 Å². The zero-order valence-corrected chi connectivity index (χ0v) is 19.1. The van der Waals surface area contributed by atoms with E-state index < -0.39 is 10.0 Å². The maximum Gasteiger partial charge on any atom is 0.238 e. The van der Waals surface area contributed by atoms with Crippen LogP contribution in [0.25, 0.3) is 0 Å². The first kappa shape index (κ1) is 22.4. The van der Waals surface area contributed by atoms with E-state index in [1.54, 1.807) is 37.6 Å². The number of nitrogens with two attached hydrogens (primary N) is 1. The van der Waals surface area contributed by atoms with E-state index >= 15 is 0 Å². The number of hydrogen-bond donors (Lipinski definition) is 3. The smallest absolute Gasteiger partial charge is 0.238 e. The van der Waals surface area contributed by atoms with E-state index in [4.69, 9.17) is 5.14 Å². The Labute approximate surface area is 193 Å². The molecule has 4 aromatic rings. The number of primary sulfonamides is 1. The fraction of sp³-hybridized carbons (Fsp3) is 0.125. The van der Waals surface area contributed by atoms with Gasteiger partial charge in [0.05, 0.1) is 4.90 Å². The largest absolute Gasteiger partial charge is 0.340 e. The van der Waals surface area contributed by atoms with Gasteiger partial charge in [-0.15, -0.1) is 0 Å². The molecule has 0 radical (unpaired) electrons. The standard InChI is InChI=1S/C24H24N6O2S/c1-16-3-6-21(14-22(16)33(25,31)32)29-24-27-15-17(2)23(30-24)28-20-7-4-18(5-8-20)13-19-9-11-26-12-10-19/h3-12,14-15H,13H2,1-2H3,(H2,25,31,32)(H2,27,28,29,30). The molecule has 0 aliphatic heterocycles. The van der Waals surface area contributed by atoms with Crippen LogP contribution in [0.1, 0.15) is 22.3 Å². The molecule has 0 aliphatic carbocycles. The molecular formula is C24H24N6O2S. The maximum absolute atomic E-state index is 11.8. The summed E-state index contributed by atoms with van der Waals surface area (Å²) in [6, 6.07) is 17.1. The van der Waals surface area contributed by atoms with Crippen LogP contribution in [0.4, 0.5) is 23.1 Å². The normalized spacial score (nSPS) is 11.2. The second-order valence-electron chi connectivity index (χ2n) is 7.73. The molecule has 0 unspecified atom stereocenters. The van der Waals surface area contributed by atoms with Crippen LogP contribution in [-0.4, -0.2) is 23.4 Å². The average molecular weight is 461 g/mol. The second kappa shape index (κ2) is 9.35. The summed E-state index contributed by atoms with van der Waals surface area (Å²) >= 11 is 0. The highest BCUT2D eigenvalue weighted by Gasteiger charge is 2.13. The van der Waals surface area contributed by atoms with Gasteiger partial charge in [0.1, 0.15) is 5.82 Å². The molecule has 0 atom stereocenters. The molecule has 0 amide bonds. The van der Waals surface area contributed by atoms with E-state index in [9.17, 15) is 8.42 Å². The number of aromatic nitrogens is 3. The van der Waals surface area contributed by atoms with Gasteiger partial charge in [0.2, 0.25) is 16.0 Å².